The number of nitrogens with zero attached hydrogens (tertiary/aromatic N) is 1. The Morgan fingerprint density at radius 1 is 1.12 bits per heavy atom. The van der Waals surface area contributed by atoms with Crippen LogP contribution in [0.1, 0.15) is 25.8 Å². The molecule has 2 heteroatoms. The van der Waals surface area contributed by atoms with Gasteiger partial charge in [0, 0.05) is 26.3 Å². The van der Waals surface area contributed by atoms with Crippen LogP contribution in [0.2, 0.25) is 0 Å². The number of benzene rings is 1. The van der Waals surface area contributed by atoms with E-state index < -0.39 is 0 Å². The van der Waals surface area contributed by atoms with E-state index in [1.165, 1.54) is 17.7 Å². The zero-order valence-electron chi connectivity index (χ0n) is 11.0. The molecule has 0 spiro atoms. The molecular formula is C14H24N2. The summed E-state index contributed by atoms with van der Waals surface area (Å²) in [4.78, 5) is 2.12. The van der Waals surface area contributed by atoms with Crippen LogP contribution in [-0.4, -0.2) is 20.6 Å². The zero-order valence-corrected chi connectivity index (χ0v) is 11.0. The monoisotopic (exact) mass is 220 g/mol. The molecule has 1 rings (SSSR count). The molecule has 0 aromatic heterocycles. The average Bonchev–Trinajstić information content (AvgIpc) is 2.25. The van der Waals surface area contributed by atoms with Crippen molar-refractivity contribution in [3.63, 3.8) is 0 Å². The lowest BCUT2D eigenvalue weighted by Crippen LogP contribution is -2.16. The Morgan fingerprint density at radius 2 is 1.75 bits per heavy atom. The summed E-state index contributed by atoms with van der Waals surface area (Å²) in [6.07, 6.45) is 1.25. The summed E-state index contributed by atoms with van der Waals surface area (Å²) in [6.45, 7) is 6.59. The van der Waals surface area contributed by atoms with E-state index in [4.69, 9.17) is 0 Å². The van der Waals surface area contributed by atoms with Gasteiger partial charge in [-0.15, -0.1) is 0 Å². The van der Waals surface area contributed by atoms with Crippen LogP contribution < -0.4 is 10.2 Å². The van der Waals surface area contributed by atoms with Crippen molar-refractivity contribution in [2.24, 2.45) is 5.92 Å². The Hall–Kier alpha value is -1.02. The molecule has 1 aromatic carbocycles. The third-order valence-electron chi connectivity index (χ3n) is 2.68. The van der Waals surface area contributed by atoms with Gasteiger partial charge in [0.05, 0.1) is 0 Å². The third kappa shape index (κ3) is 4.67. The normalized spacial score (nSPS) is 10.8. The standard InChI is InChI=1S/C14H24N2/c1-12(2)9-10-15-11-13-5-7-14(8-6-13)16(3)4/h5-8,12,15H,9-11H2,1-4H3. The third-order valence-corrected chi connectivity index (χ3v) is 2.68. The smallest absolute Gasteiger partial charge is 0.0361 e. The van der Waals surface area contributed by atoms with Crippen LogP contribution in [0.4, 0.5) is 5.69 Å². The molecule has 1 N–H and O–H groups in total. The second-order valence-corrected chi connectivity index (χ2v) is 4.92. The largest absolute Gasteiger partial charge is 0.378 e. The van der Waals surface area contributed by atoms with E-state index in [1.54, 1.807) is 0 Å². The molecule has 0 aliphatic rings. The summed E-state index contributed by atoms with van der Waals surface area (Å²) >= 11 is 0. The Bertz CT molecular complexity index is 288. The van der Waals surface area contributed by atoms with Crippen LogP contribution in [0.3, 0.4) is 0 Å². The summed E-state index contributed by atoms with van der Waals surface area (Å²) in [5, 5.41) is 3.47. The second kappa shape index (κ2) is 6.54. The summed E-state index contributed by atoms with van der Waals surface area (Å²) in [5.74, 6) is 0.781. The maximum Gasteiger partial charge on any atom is 0.0361 e. The van der Waals surface area contributed by atoms with E-state index in [0.717, 1.165) is 19.0 Å². The van der Waals surface area contributed by atoms with Gasteiger partial charge in [-0.1, -0.05) is 26.0 Å². The minimum absolute atomic E-state index is 0.781. The summed E-state index contributed by atoms with van der Waals surface area (Å²) in [7, 11) is 4.13. The van der Waals surface area contributed by atoms with Crippen molar-refractivity contribution in [3.8, 4) is 0 Å². The van der Waals surface area contributed by atoms with Crippen molar-refractivity contribution in [2.45, 2.75) is 26.8 Å². The van der Waals surface area contributed by atoms with Gasteiger partial charge in [0.25, 0.3) is 0 Å². The molecule has 0 fully saturated rings. The predicted octanol–water partition coefficient (Wildman–Crippen LogP) is 2.89. The molecule has 0 heterocycles. The van der Waals surface area contributed by atoms with Crippen LogP contribution in [0.5, 0.6) is 0 Å². The fraction of sp³-hybridized carbons (Fsp3) is 0.571. The highest BCUT2D eigenvalue weighted by molar-refractivity contribution is 5.45. The van der Waals surface area contributed by atoms with Gasteiger partial charge in [0.2, 0.25) is 0 Å². The highest BCUT2D eigenvalue weighted by Crippen LogP contribution is 2.11. The molecule has 0 aliphatic carbocycles. The minimum Gasteiger partial charge on any atom is -0.378 e. The van der Waals surface area contributed by atoms with Crippen molar-refractivity contribution in [1.29, 1.82) is 0 Å². The predicted molar refractivity (Wildman–Crippen MR) is 71.9 cm³/mol. The Morgan fingerprint density at radius 3 is 2.25 bits per heavy atom. The van der Waals surface area contributed by atoms with E-state index in [0.29, 0.717) is 0 Å². The van der Waals surface area contributed by atoms with Crippen LogP contribution in [-0.2, 0) is 6.54 Å². The number of hydrogen-bond donors (Lipinski definition) is 1. The van der Waals surface area contributed by atoms with Crippen molar-refractivity contribution in [3.05, 3.63) is 29.8 Å². The van der Waals surface area contributed by atoms with Gasteiger partial charge in [0.15, 0.2) is 0 Å². The Kier molecular flexibility index (Phi) is 5.33. The molecule has 0 unspecified atom stereocenters. The molecule has 0 saturated heterocycles. The van der Waals surface area contributed by atoms with Crippen LogP contribution in [0, 0.1) is 5.92 Å². The molecule has 0 amide bonds. The van der Waals surface area contributed by atoms with Gasteiger partial charge >= 0.3 is 0 Å². The molecule has 2 nitrogen and oxygen atoms in total. The molecule has 1 aromatic rings. The van der Waals surface area contributed by atoms with E-state index in [1.807, 2.05) is 0 Å². The van der Waals surface area contributed by atoms with Gasteiger partial charge < -0.3 is 10.2 Å². The lowest BCUT2D eigenvalue weighted by Gasteiger charge is -2.13. The van der Waals surface area contributed by atoms with Gasteiger partial charge in [-0.05, 0) is 36.6 Å². The summed E-state index contributed by atoms with van der Waals surface area (Å²) in [6, 6.07) is 8.72. The summed E-state index contributed by atoms with van der Waals surface area (Å²) in [5.41, 5.74) is 2.61. The van der Waals surface area contributed by atoms with Gasteiger partial charge in [-0.2, -0.15) is 0 Å². The maximum absolute atomic E-state index is 3.47. The van der Waals surface area contributed by atoms with Gasteiger partial charge in [-0.3, -0.25) is 0 Å². The zero-order chi connectivity index (χ0) is 12.0. The van der Waals surface area contributed by atoms with Crippen LogP contribution >= 0.6 is 0 Å². The van der Waals surface area contributed by atoms with Crippen molar-refractivity contribution in [2.75, 3.05) is 25.5 Å². The first-order valence-electron chi connectivity index (χ1n) is 6.06. The van der Waals surface area contributed by atoms with Crippen molar-refractivity contribution < 1.29 is 0 Å². The van der Waals surface area contributed by atoms with E-state index in [-0.39, 0.29) is 0 Å². The highest BCUT2D eigenvalue weighted by atomic mass is 15.1. The summed E-state index contributed by atoms with van der Waals surface area (Å²) < 4.78 is 0. The van der Waals surface area contributed by atoms with Crippen LogP contribution in [0.15, 0.2) is 24.3 Å². The van der Waals surface area contributed by atoms with E-state index >= 15 is 0 Å². The molecule has 0 radical (unpaired) electrons. The molecular weight excluding hydrogens is 196 g/mol. The first-order chi connectivity index (χ1) is 7.59. The number of nitrogens with one attached hydrogen (secondary N) is 1. The van der Waals surface area contributed by atoms with Gasteiger partial charge in [-0.25, -0.2) is 0 Å². The maximum atomic E-state index is 3.47. The fourth-order valence-electron chi connectivity index (χ4n) is 1.54. The number of anilines is 1. The molecule has 16 heavy (non-hydrogen) atoms. The first kappa shape index (κ1) is 13.0. The van der Waals surface area contributed by atoms with E-state index in [9.17, 15) is 0 Å². The quantitative estimate of drug-likeness (QED) is 0.742. The lowest BCUT2D eigenvalue weighted by molar-refractivity contribution is 0.537. The number of rotatable bonds is 6. The average molecular weight is 220 g/mol. The number of hydrogen-bond acceptors (Lipinski definition) is 2. The molecule has 90 valence electrons. The molecule has 0 aliphatic heterocycles. The van der Waals surface area contributed by atoms with E-state index in [2.05, 4.69) is 62.4 Å². The Balaban J connectivity index is 2.32. The molecule has 0 atom stereocenters. The molecule has 0 bridgehead atoms. The highest BCUT2D eigenvalue weighted by Gasteiger charge is 1.97. The van der Waals surface area contributed by atoms with Gasteiger partial charge in [0.1, 0.15) is 0 Å². The second-order valence-electron chi connectivity index (χ2n) is 4.92. The van der Waals surface area contributed by atoms with Crippen molar-refractivity contribution >= 4 is 5.69 Å². The fourth-order valence-corrected chi connectivity index (χ4v) is 1.54. The Labute approximate surface area is 99.7 Å². The van der Waals surface area contributed by atoms with Crippen LogP contribution in [0.25, 0.3) is 0 Å². The van der Waals surface area contributed by atoms with Crippen molar-refractivity contribution in [1.82, 2.24) is 5.32 Å². The first-order valence-corrected chi connectivity index (χ1v) is 6.06. The molecule has 0 saturated carbocycles. The minimum atomic E-state index is 0.781. The topological polar surface area (TPSA) is 15.3 Å². The SMILES string of the molecule is CC(C)CCNCc1ccc(N(C)C)cc1. The lowest BCUT2D eigenvalue weighted by atomic mass is 10.1.